The first-order valence-corrected chi connectivity index (χ1v) is 22.7. The second-order valence-corrected chi connectivity index (χ2v) is 18.8. The minimum atomic E-state index is -5.11. The number of methoxy groups -OCH3 is 2. The number of hydrogen-bond acceptors (Lipinski definition) is 11. The third kappa shape index (κ3) is 15.7. The molecule has 2 rings (SSSR count). The van der Waals surface area contributed by atoms with Gasteiger partial charge in [-0.25, -0.2) is 8.42 Å². The molecular weight excluding hydrogens is 852 g/mol. The summed E-state index contributed by atoms with van der Waals surface area (Å²) in [6.07, 6.45) is -5.00. The molecule has 1 aliphatic heterocycles. The minimum Gasteiger partial charge on any atom is -0.379 e. The van der Waals surface area contributed by atoms with Crippen LogP contribution in [0, 0.1) is 23.7 Å². The first-order chi connectivity index (χ1) is 29.2. The molecule has 358 valence electrons. The van der Waals surface area contributed by atoms with Gasteiger partial charge in [0, 0.05) is 33.5 Å². The Morgan fingerprint density at radius 3 is 2.00 bits per heavy atom. The van der Waals surface area contributed by atoms with E-state index in [-0.39, 0.29) is 53.1 Å². The van der Waals surface area contributed by atoms with Gasteiger partial charge in [-0.3, -0.25) is 38.4 Å². The van der Waals surface area contributed by atoms with Gasteiger partial charge in [0.2, 0.25) is 33.7 Å². The molecule has 1 heterocycles. The summed E-state index contributed by atoms with van der Waals surface area (Å²) in [5.41, 5.74) is -0.116. The third-order valence-corrected chi connectivity index (χ3v) is 12.7. The monoisotopic (exact) mass is 919 g/mol. The van der Waals surface area contributed by atoms with E-state index in [1.54, 1.807) is 29.1 Å². The highest BCUT2D eigenvalue weighted by Crippen LogP contribution is 2.30. The molecule has 0 aromatic heterocycles. The first kappa shape index (κ1) is 54.8. The van der Waals surface area contributed by atoms with Crippen LogP contribution in [0.3, 0.4) is 0 Å². The van der Waals surface area contributed by atoms with Crippen LogP contribution in [0.2, 0.25) is 0 Å². The van der Waals surface area contributed by atoms with Crippen LogP contribution in [0.15, 0.2) is 24.3 Å². The molecule has 0 bridgehead atoms. The maximum Gasteiger partial charge on any atom is 0.471 e. The van der Waals surface area contributed by atoms with E-state index in [4.69, 9.17) is 9.47 Å². The molecule has 1 aliphatic rings. The Bertz CT molecular complexity index is 1820. The number of ether oxygens (including phenoxy) is 2. The van der Waals surface area contributed by atoms with Crippen LogP contribution in [0.25, 0.3) is 0 Å². The van der Waals surface area contributed by atoms with E-state index >= 15 is 0 Å². The summed E-state index contributed by atoms with van der Waals surface area (Å²) in [6.45, 7) is 12.8. The van der Waals surface area contributed by atoms with Gasteiger partial charge >= 0.3 is 12.1 Å². The molecule has 1 aromatic rings. The fourth-order valence-electron chi connectivity index (χ4n) is 8.09. The third-order valence-electron chi connectivity index (χ3n) is 11.5. The van der Waals surface area contributed by atoms with Crippen molar-refractivity contribution in [1.82, 2.24) is 30.1 Å². The molecule has 21 heteroatoms. The van der Waals surface area contributed by atoms with Crippen molar-refractivity contribution in [2.24, 2.45) is 23.7 Å². The van der Waals surface area contributed by atoms with Crippen molar-refractivity contribution in [3.05, 3.63) is 29.8 Å². The molecule has 0 saturated carbocycles. The highest BCUT2D eigenvalue weighted by atomic mass is 32.2. The van der Waals surface area contributed by atoms with Crippen LogP contribution in [0.1, 0.15) is 79.7 Å². The number of carbonyl (C=O) groups excluding carboxylic acids is 6. The van der Waals surface area contributed by atoms with Crippen LogP contribution in [0.5, 0.6) is 0 Å². The number of sulfonamides is 1. The maximum atomic E-state index is 14.2. The van der Waals surface area contributed by atoms with E-state index in [0.29, 0.717) is 25.8 Å². The molecule has 63 heavy (non-hydrogen) atoms. The number of likely N-dealkylation sites (tertiary alicyclic amines) is 1. The smallest absolute Gasteiger partial charge is 0.379 e. The maximum absolute atomic E-state index is 14.2. The summed E-state index contributed by atoms with van der Waals surface area (Å²) >= 11 is 0. The van der Waals surface area contributed by atoms with Gasteiger partial charge in [0.05, 0.1) is 55.0 Å². The number of nitrogens with zero attached hydrogens (tertiary/aromatic N) is 3. The fraction of sp³-hybridized carbons (Fsp3) is 0.714. The van der Waals surface area contributed by atoms with Gasteiger partial charge in [-0.05, 0) is 62.4 Å². The molecule has 1 aromatic carbocycles. The van der Waals surface area contributed by atoms with Gasteiger partial charge in [0.1, 0.15) is 6.04 Å². The number of anilines is 1. The van der Waals surface area contributed by atoms with Crippen LogP contribution < -0.4 is 20.7 Å². The standard InChI is InChI=1S/C42H68F3N7O10S/c1-13-26(6)36(51(10)40(57)34(24(2)3)48-39(56)35(25(4)5)50(8)9)31(61-11)21-33(54)52-20-14-15-30(52)37(62-12)27(7)38(55)46-22-32(53)49-63(59,60)23-28-16-18-29(19-17-28)47-41(58)42(43,44)45/h16-19,24-27,30-31,34-37H,13-15,20-23H2,1-12H3,(H,46,55)(H,47,58)(H,48,56)(H,49,53)/t26-,27+,30-,31+,34-,35?,36-,37+/m0/s1. The number of halogens is 3. The molecule has 6 amide bonds. The number of amides is 6. The lowest BCUT2D eigenvalue weighted by molar-refractivity contribution is -0.167. The van der Waals surface area contributed by atoms with E-state index in [9.17, 15) is 50.4 Å². The van der Waals surface area contributed by atoms with Crippen LogP contribution in [-0.4, -0.2) is 150 Å². The van der Waals surface area contributed by atoms with Gasteiger partial charge in [-0.1, -0.05) is 67.0 Å². The van der Waals surface area contributed by atoms with Crippen molar-refractivity contribution >= 4 is 51.2 Å². The molecule has 0 radical (unpaired) electrons. The second-order valence-electron chi connectivity index (χ2n) is 17.1. The highest BCUT2D eigenvalue weighted by Gasteiger charge is 2.43. The molecular formula is C42H68F3N7O10S. The molecule has 1 unspecified atom stereocenters. The summed E-state index contributed by atoms with van der Waals surface area (Å²) in [5.74, 6) is -6.74. The minimum absolute atomic E-state index is 0.00735. The molecule has 0 spiro atoms. The highest BCUT2D eigenvalue weighted by molar-refractivity contribution is 7.89. The average Bonchev–Trinajstić information content (AvgIpc) is 3.67. The lowest BCUT2D eigenvalue weighted by Crippen LogP contribution is -2.59. The van der Waals surface area contributed by atoms with E-state index in [1.165, 1.54) is 26.4 Å². The molecule has 17 nitrogen and oxygen atoms in total. The van der Waals surface area contributed by atoms with Crippen LogP contribution >= 0.6 is 0 Å². The van der Waals surface area contributed by atoms with Gasteiger partial charge in [-0.15, -0.1) is 0 Å². The molecule has 1 fully saturated rings. The zero-order valence-electron chi connectivity index (χ0n) is 38.5. The van der Waals surface area contributed by atoms with Gasteiger partial charge in [-0.2, -0.15) is 13.2 Å². The van der Waals surface area contributed by atoms with E-state index < -0.39 is 88.5 Å². The van der Waals surface area contributed by atoms with Gasteiger partial charge in [0.15, 0.2) is 0 Å². The van der Waals surface area contributed by atoms with Crippen molar-refractivity contribution in [2.45, 2.75) is 122 Å². The fourth-order valence-corrected chi connectivity index (χ4v) is 9.21. The van der Waals surface area contributed by atoms with Crippen molar-refractivity contribution in [1.29, 1.82) is 0 Å². The first-order valence-electron chi connectivity index (χ1n) is 21.1. The van der Waals surface area contributed by atoms with Crippen LogP contribution in [0.4, 0.5) is 18.9 Å². The topological polar surface area (TPSA) is 213 Å². The molecule has 4 N–H and O–H groups in total. The predicted octanol–water partition coefficient (Wildman–Crippen LogP) is 2.90. The number of benzene rings is 1. The SMILES string of the molecule is CC[C@H](C)[C@@H]([C@@H](CC(=O)N1CCC[C@H]1[C@H](OC)[C@@H](C)C(=O)NCC(=O)NS(=O)(=O)Cc1ccc(NC(=O)C(F)(F)F)cc1)OC)N(C)C(=O)[C@@H](NC(=O)C(C(C)C)N(C)C)C(C)C. The largest absolute Gasteiger partial charge is 0.471 e. The van der Waals surface area contributed by atoms with Crippen molar-refractivity contribution in [3.63, 3.8) is 0 Å². The summed E-state index contributed by atoms with van der Waals surface area (Å²) in [6, 6.07) is 2.10. The Balaban J connectivity index is 2.13. The molecule has 8 atom stereocenters. The zero-order valence-corrected chi connectivity index (χ0v) is 39.3. The number of rotatable bonds is 23. The summed E-state index contributed by atoms with van der Waals surface area (Å²) in [7, 11) is 3.86. The lowest BCUT2D eigenvalue weighted by atomic mass is 9.89. The Kier molecular flexibility index (Phi) is 21.0. The number of nitrogens with one attached hydrogen (secondary N) is 4. The van der Waals surface area contributed by atoms with Crippen LogP contribution in [-0.2, 0) is 54.0 Å². The number of carbonyl (C=O) groups is 6. The van der Waals surface area contributed by atoms with E-state index in [2.05, 4.69) is 10.6 Å². The Morgan fingerprint density at radius 2 is 1.51 bits per heavy atom. The lowest BCUT2D eigenvalue weighted by Gasteiger charge is -2.41. The second kappa shape index (κ2) is 24.1. The van der Waals surface area contributed by atoms with Crippen molar-refractivity contribution < 1.29 is 59.8 Å². The predicted molar refractivity (Wildman–Crippen MR) is 230 cm³/mol. The summed E-state index contributed by atoms with van der Waals surface area (Å²) in [4.78, 5) is 84.0. The number of alkyl halides is 3. The average molecular weight is 920 g/mol. The zero-order chi connectivity index (χ0) is 48.1. The molecule has 1 saturated heterocycles. The quantitative estimate of drug-likeness (QED) is 0.125. The molecule has 0 aliphatic carbocycles. The normalized spacial score (nSPS) is 17.9. The summed E-state index contributed by atoms with van der Waals surface area (Å²) < 4.78 is 76.5. The Morgan fingerprint density at radius 1 is 0.905 bits per heavy atom. The van der Waals surface area contributed by atoms with Gasteiger partial charge in [0.25, 0.3) is 5.91 Å². The van der Waals surface area contributed by atoms with E-state index in [0.717, 1.165) is 12.1 Å². The van der Waals surface area contributed by atoms with Crippen molar-refractivity contribution in [3.8, 4) is 0 Å². The number of hydrogen-bond donors (Lipinski definition) is 4. The Hall–Kier alpha value is -4.34. The Labute approximate surface area is 369 Å². The number of likely N-dealkylation sites (N-methyl/N-ethyl adjacent to an activating group) is 2. The van der Waals surface area contributed by atoms with Crippen molar-refractivity contribution in [2.75, 3.05) is 53.8 Å². The van der Waals surface area contributed by atoms with E-state index in [1.807, 2.05) is 65.3 Å². The van der Waals surface area contributed by atoms with Gasteiger partial charge < -0.3 is 35.2 Å². The summed E-state index contributed by atoms with van der Waals surface area (Å²) in [5, 5.41) is 7.04.